The first-order valence-corrected chi connectivity index (χ1v) is 7.69. The number of alkyl halides is 3. The molecule has 0 amide bonds. The number of para-hydroxylation sites is 1. The Balaban J connectivity index is 1.74. The third-order valence-corrected chi connectivity index (χ3v) is 4.40. The molecule has 3 nitrogen and oxygen atoms in total. The normalized spacial score (nSPS) is 17.6. The van der Waals surface area contributed by atoms with Crippen molar-refractivity contribution in [2.45, 2.75) is 25.6 Å². The van der Waals surface area contributed by atoms with Gasteiger partial charge in [-0.1, -0.05) is 18.2 Å². The Morgan fingerprint density at radius 3 is 2.57 bits per heavy atom. The van der Waals surface area contributed by atoms with Crippen LogP contribution in [0.4, 0.5) is 13.2 Å². The van der Waals surface area contributed by atoms with E-state index in [1.165, 1.54) is 0 Å². The fraction of sp³-hybridized carbons (Fsp3) is 0.471. The Hall–Kier alpha value is -1.82. The second-order valence-electron chi connectivity index (χ2n) is 5.94. The van der Waals surface area contributed by atoms with Gasteiger partial charge in [-0.3, -0.25) is 4.90 Å². The zero-order valence-electron chi connectivity index (χ0n) is 12.9. The van der Waals surface area contributed by atoms with Gasteiger partial charge in [0.2, 0.25) is 5.88 Å². The Labute approximate surface area is 133 Å². The zero-order chi connectivity index (χ0) is 16.4. The van der Waals surface area contributed by atoms with Crippen LogP contribution in [0.1, 0.15) is 18.4 Å². The van der Waals surface area contributed by atoms with Gasteiger partial charge in [0.1, 0.15) is 0 Å². The molecule has 0 N–H and O–H groups in total. The first-order chi connectivity index (χ1) is 11.0. The summed E-state index contributed by atoms with van der Waals surface area (Å²) in [6.45, 7) is 1.45. The number of benzene rings is 1. The lowest BCUT2D eigenvalue weighted by atomic mass is 9.96. The molecule has 1 saturated heterocycles. The molecule has 2 heterocycles. The van der Waals surface area contributed by atoms with Crippen molar-refractivity contribution in [3.8, 4) is 5.88 Å². The van der Waals surface area contributed by atoms with Crippen LogP contribution in [0.5, 0.6) is 5.88 Å². The third-order valence-electron chi connectivity index (χ3n) is 4.40. The number of fused-ring (bicyclic) bond motifs is 1. The second kappa shape index (κ2) is 6.35. The standard InChI is InChI=1S/C17H19F3N2O/c1-23-16-13(10-12-4-2-3-5-15(12)21-16)11-22-8-6-14(7-9-22)17(18,19)20/h2-5,10,14H,6-9,11H2,1H3. The first-order valence-electron chi connectivity index (χ1n) is 7.69. The minimum absolute atomic E-state index is 0.160. The van der Waals surface area contributed by atoms with Crippen molar-refractivity contribution in [2.75, 3.05) is 20.2 Å². The summed E-state index contributed by atoms with van der Waals surface area (Å²) in [7, 11) is 1.57. The van der Waals surface area contributed by atoms with Gasteiger partial charge in [-0.25, -0.2) is 4.98 Å². The van der Waals surface area contributed by atoms with Gasteiger partial charge in [-0.15, -0.1) is 0 Å². The van der Waals surface area contributed by atoms with Crippen LogP contribution in [0.2, 0.25) is 0 Å². The Kier molecular flexibility index (Phi) is 4.43. The summed E-state index contributed by atoms with van der Waals surface area (Å²) < 4.78 is 43.6. The van der Waals surface area contributed by atoms with Gasteiger partial charge in [-0.2, -0.15) is 13.2 Å². The Bertz CT molecular complexity index is 679. The third kappa shape index (κ3) is 3.58. The summed E-state index contributed by atoms with van der Waals surface area (Å²) >= 11 is 0. The highest BCUT2D eigenvalue weighted by atomic mass is 19.4. The summed E-state index contributed by atoms with van der Waals surface area (Å²) in [5, 5.41) is 1.01. The molecule has 0 aliphatic carbocycles. The maximum Gasteiger partial charge on any atom is 0.391 e. The van der Waals surface area contributed by atoms with Gasteiger partial charge in [0.25, 0.3) is 0 Å². The molecule has 0 spiro atoms. The SMILES string of the molecule is COc1nc2ccccc2cc1CN1CCC(C(F)(F)F)CC1. The van der Waals surface area contributed by atoms with Crippen molar-refractivity contribution >= 4 is 10.9 Å². The van der Waals surface area contributed by atoms with Crippen molar-refractivity contribution < 1.29 is 17.9 Å². The van der Waals surface area contributed by atoms with E-state index in [4.69, 9.17) is 4.74 Å². The zero-order valence-corrected chi connectivity index (χ0v) is 12.9. The Morgan fingerprint density at radius 1 is 1.22 bits per heavy atom. The molecule has 1 aliphatic heterocycles. The number of nitrogens with zero attached hydrogens (tertiary/aromatic N) is 2. The van der Waals surface area contributed by atoms with Crippen LogP contribution in [0, 0.1) is 5.92 Å². The monoisotopic (exact) mass is 324 g/mol. The van der Waals surface area contributed by atoms with Gasteiger partial charge in [-0.05, 0) is 38.1 Å². The molecule has 0 bridgehead atoms. The number of likely N-dealkylation sites (tertiary alicyclic amines) is 1. The fourth-order valence-corrected chi connectivity index (χ4v) is 3.09. The van der Waals surface area contributed by atoms with Crippen LogP contribution in [-0.2, 0) is 6.54 Å². The fourth-order valence-electron chi connectivity index (χ4n) is 3.09. The van der Waals surface area contributed by atoms with Gasteiger partial charge in [0.15, 0.2) is 0 Å². The van der Waals surface area contributed by atoms with Crippen LogP contribution >= 0.6 is 0 Å². The summed E-state index contributed by atoms with van der Waals surface area (Å²) in [6.07, 6.45) is -3.76. The first kappa shape index (κ1) is 16.1. The minimum Gasteiger partial charge on any atom is -0.481 e. The molecular weight excluding hydrogens is 305 g/mol. The quantitative estimate of drug-likeness (QED) is 0.853. The highest BCUT2D eigenvalue weighted by Gasteiger charge is 2.41. The van der Waals surface area contributed by atoms with Crippen LogP contribution in [0.3, 0.4) is 0 Å². The lowest BCUT2D eigenvalue weighted by molar-refractivity contribution is -0.185. The van der Waals surface area contributed by atoms with Crippen molar-refractivity contribution in [1.82, 2.24) is 9.88 Å². The lowest BCUT2D eigenvalue weighted by Gasteiger charge is -2.33. The number of aromatic nitrogens is 1. The van der Waals surface area contributed by atoms with Gasteiger partial charge in [0.05, 0.1) is 18.5 Å². The van der Waals surface area contributed by atoms with Crippen molar-refractivity contribution in [2.24, 2.45) is 5.92 Å². The molecule has 124 valence electrons. The summed E-state index contributed by atoms with van der Waals surface area (Å²) in [6, 6.07) is 9.75. The molecule has 0 radical (unpaired) electrons. The topological polar surface area (TPSA) is 25.4 Å². The summed E-state index contributed by atoms with van der Waals surface area (Å²) in [5.74, 6) is -0.628. The molecule has 23 heavy (non-hydrogen) atoms. The number of ether oxygens (including phenoxy) is 1. The Morgan fingerprint density at radius 2 is 1.91 bits per heavy atom. The molecular formula is C17H19F3N2O. The largest absolute Gasteiger partial charge is 0.481 e. The second-order valence-corrected chi connectivity index (χ2v) is 5.94. The predicted octanol–water partition coefficient (Wildman–Crippen LogP) is 4.02. The number of pyridine rings is 1. The highest BCUT2D eigenvalue weighted by molar-refractivity contribution is 5.80. The number of rotatable bonds is 3. The van der Waals surface area contributed by atoms with Crippen LogP contribution in [0.15, 0.2) is 30.3 Å². The number of methoxy groups -OCH3 is 1. The van der Waals surface area contributed by atoms with E-state index in [1.54, 1.807) is 7.11 Å². The molecule has 2 aromatic rings. The van der Waals surface area contributed by atoms with E-state index in [0.717, 1.165) is 16.5 Å². The van der Waals surface area contributed by atoms with E-state index in [-0.39, 0.29) is 12.8 Å². The van der Waals surface area contributed by atoms with Crippen molar-refractivity contribution in [3.05, 3.63) is 35.9 Å². The van der Waals surface area contributed by atoms with E-state index >= 15 is 0 Å². The number of halogens is 3. The van der Waals surface area contributed by atoms with E-state index < -0.39 is 12.1 Å². The van der Waals surface area contributed by atoms with Gasteiger partial charge >= 0.3 is 6.18 Å². The summed E-state index contributed by atoms with van der Waals surface area (Å²) in [4.78, 5) is 6.52. The van der Waals surface area contributed by atoms with Crippen LogP contribution in [-0.4, -0.2) is 36.3 Å². The number of hydrogen-bond acceptors (Lipinski definition) is 3. The number of hydrogen-bond donors (Lipinski definition) is 0. The molecule has 0 atom stereocenters. The lowest BCUT2D eigenvalue weighted by Crippen LogP contribution is -2.38. The smallest absolute Gasteiger partial charge is 0.391 e. The van der Waals surface area contributed by atoms with Crippen molar-refractivity contribution in [1.29, 1.82) is 0 Å². The van der Waals surface area contributed by atoms with E-state index in [0.29, 0.717) is 25.5 Å². The maximum absolute atomic E-state index is 12.7. The highest BCUT2D eigenvalue weighted by Crippen LogP contribution is 2.35. The molecule has 1 fully saturated rings. The van der Waals surface area contributed by atoms with Crippen LogP contribution < -0.4 is 4.74 Å². The summed E-state index contributed by atoms with van der Waals surface area (Å²) in [5.41, 5.74) is 1.76. The predicted molar refractivity (Wildman–Crippen MR) is 82.4 cm³/mol. The maximum atomic E-state index is 12.7. The molecule has 1 aromatic heterocycles. The number of piperidine rings is 1. The van der Waals surface area contributed by atoms with E-state index in [9.17, 15) is 13.2 Å². The van der Waals surface area contributed by atoms with E-state index in [1.807, 2.05) is 35.2 Å². The molecule has 0 saturated carbocycles. The molecule has 0 unspecified atom stereocenters. The van der Waals surface area contributed by atoms with E-state index in [2.05, 4.69) is 4.98 Å². The van der Waals surface area contributed by atoms with Crippen LogP contribution in [0.25, 0.3) is 10.9 Å². The molecule has 6 heteroatoms. The molecule has 1 aliphatic rings. The van der Waals surface area contributed by atoms with Gasteiger partial charge in [0, 0.05) is 17.5 Å². The van der Waals surface area contributed by atoms with Gasteiger partial charge < -0.3 is 4.74 Å². The average Bonchev–Trinajstić information content (AvgIpc) is 2.54. The molecule has 1 aromatic carbocycles. The molecule has 3 rings (SSSR count). The average molecular weight is 324 g/mol. The minimum atomic E-state index is -4.08. The van der Waals surface area contributed by atoms with Crippen molar-refractivity contribution in [3.63, 3.8) is 0 Å².